The van der Waals surface area contributed by atoms with E-state index in [9.17, 15) is 39.3 Å². The number of nitrogens with one attached hydrogen (secondary N) is 1. The molecule has 1 saturated heterocycles. The molecule has 2 heterocycles. The molecule has 8 rings (SSSR count). The summed E-state index contributed by atoms with van der Waals surface area (Å²) in [6.07, 6.45) is -8.17. The van der Waals surface area contributed by atoms with Gasteiger partial charge in [0.05, 0.1) is 41.8 Å². The largest absolute Gasteiger partial charge is 0.467 e. The van der Waals surface area contributed by atoms with Crippen molar-refractivity contribution in [2.24, 2.45) is 22.7 Å². The number of hydrogen-bond donors (Lipinski definition) is 4. The molecule has 2 aromatic carbocycles. The predicted molar refractivity (Wildman–Crippen MR) is 217 cm³/mol. The minimum absolute atomic E-state index is 0.00709. The first-order valence-corrected chi connectivity index (χ1v) is 21.1. The van der Waals surface area contributed by atoms with E-state index in [4.69, 9.17) is 28.1 Å². The smallest absolute Gasteiger partial charge is 0.338 e. The normalized spacial score (nSPS) is 32.8. The zero-order chi connectivity index (χ0) is 45.2. The molecule has 1 amide bonds. The number of furan rings is 1. The van der Waals surface area contributed by atoms with Crippen LogP contribution in [-0.2, 0) is 42.9 Å². The van der Waals surface area contributed by atoms with Crippen molar-refractivity contribution in [3.8, 4) is 0 Å². The lowest BCUT2D eigenvalue weighted by molar-refractivity contribution is -0.346. The summed E-state index contributed by atoms with van der Waals surface area (Å²) in [5.74, 6) is -7.14. The molecule has 334 valence electrons. The molecule has 11 atom stereocenters. The van der Waals surface area contributed by atoms with Crippen LogP contribution in [-0.4, -0.2) is 105 Å². The molecule has 4 fully saturated rings. The molecule has 0 radical (unpaired) electrons. The molecule has 3 saturated carbocycles. The Hall–Kier alpha value is -5.68. The third-order valence-electron chi connectivity index (χ3n) is 14.0. The Labute approximate surface area is 362 Å². The average molecular weight is 870 g/mol. The topological polar surface area (TPSA) is 234 Å². The van der Waals surface area contributed by atoms with Gasteiger partial charge >= 0.3 is 23.9 Å². The number of ketones is 1. The van der Waals surface area contributed by atoms with Gasteiger partial charge in [-0.2, -0.15) is 0 Å². The van der Waals surface area contributed by atoms with Crippen LogP contribution in [0.2, 0.25) is 0 Å². The van der Waals surface area contributed by atoms with Gasteiger partial charge in [-0.1, -0.05) is 50.2 Å². The minimum Gasteiger partial charge on any atom is -0.467 e. The SMILES string of the molecule is CC(=O)O[C@H]1C(=O)[C@@]2(C)C([C@H](OC(=O)c3ccccc3)[C@]3(O)CC(OC(=O)[C@H](O)[C@@H](NC(=O)c4ccccc4)c4ccco4)C(C)=C1C3(C)C)[C@]1(OC(=O)C3CC3)CO[C@@H]1C[C@@H]2O. The van der Waals surface area contributed by atoms with E-state index in [1.54, 1.807) is 50.2 Å². The van der Waals surface area contributed by atoms with E-state index >= 15 is 4.79 Å². The molecule has 3 aromatic rings. The summed E-state index contributed by atoms with van der Waals surface area (Å²) in [5, 5.41) is 40.2. The van der Waals surface area contributed by atoms with Crippen LogP contribution in [0.5, 0.6) is 0 Å². The second kappa shape index (κ2) is 16.1. The van der Waals surface area contributed by atoms with Crippen LogP contribution in [0.1, 0.15) is 92.8 Å². The van der Waals surface area contributed by atoms with Crippen LogP contribution in [0.15, 0.2) is 94.6 Å². The number of Topliss-reactive ketones (excluding diaryl/α,β-unsaturated/α-hetero) is 1. The van der Waals surface area contributed by atoms with Gasteiger partial charge in [0.15, 0.2) is 23.6 Å². The van der Waals surface area contributed by atoms with Crippen LogP contribution < -0.4 is 5.32 Å². The van der Waals surface area contributed by atoms with Gasteiger partial charge in [-0.05, 0) is 74.2 Å². The first-order chi connectivity index (χ1) is 29.8. The summed E-state index contributed by atoms with van der Waals surface area (Å²) in [6, 6.07) is 17.4. The summed E-state index contributed by atoms with van der Waals surface area (Å²) >= 11 is 0. The highest BCUT2D eigenvalue weighted by Gasteiger charge is 2.78. The molecule has 4 N–H and O–H groups in total. The van der Waals surface area contributed by atoms with Gasteiger partial charge in [0, 0.05) is 30.7 Å². The van der Waals surface area contributed by atoms with E-state index in [1.165, 1.54) is 56.5 Å². The molecular formula is C47H51NO15. The molecule has 2 bridgehead atoms. The van der Waals surface area contributed by atoms with Gasteiger partial charge in [-0.3, -0.25) is 19.2 Å². The summed E-state index contributed by atoms with van der Waals surface area (Å²) in [7, 11) is 0. The Morgan fingerprint density at radius 2 is 1.54 bits per heavy atom. The molecule has 0 spiro atoms. The Morgan fingerprint density at radius 3 is 2.11 bits per heavy atom. The van der Waals surface area contributed by atoms with Gasteiger partial charge in [0.1, 0.15) is 35.7 Å². The van der Waals surface area contributed by atoms with E-state index < -0.39 is 119 Å². The Morgan fingerprint density at radius 1 is 0.889 bits per heavy atom. The number of aliphatic hydroxyl groups excluding tert-OH is 2. The van der Waals surface area contributed by atoms with Crippen molar-refractivity contribution in [2.75, 3.05) is 6.61 Å². The fraction of sp³-hybridized carbons (Fsp3) is 0.489. The Bertz CT molecular complexity index is 2320. The highest BCUT2D eigenvalue weighted by Crippen LogP contribution is 2.64. The Kier molecular flexibility index (Phi) is 11.3. The zero-order valence-corrected chi connectivity index (χ0v) is 35.5. The summed E-state index contributed by atoms with van der Waals surface area (Å²) in [6.45, 7) is 6.87. The summed E-state index contributed by atoms with van der Waals surface area (Å²) in [4.78, 5) is 84.3. The van der Waals surface area contributed by atoms with Crippen molar-refractivity contribution in [2.45, 2.75) is 114 Å². The molecule has 16 nitrogen and oxygen atoms in total. The average Bonchev–Trinajstić information content (AvgIpc) is 3.97. The number of carbonyl (C=O) groups excluding carboxylic acids is 6. The van der Waals surface area contributed by atoms with Crippen molar-refractivity contribution in [1.29, 1.82) is 0 Å². The third kappa shape index (κ3) is 7.26. The lowest BCUT2D eigenvalue weighted by atomic mass is 9.44. The van der Waals surface area contributed by atoms with E-state index in [-0.39, 0.29) is 41.1 Å². The van der Waals surface area contributed by atoms with Crippen LogP contribution in [0, 0.1) is 22.7 Å². The molecule has 1 aliphatic heterocycles. The fourth-order valence-corrected chi connectivity index (χ4v) is 10.3. The predicted octanol–water partition coefficient (Wildman–Crippen LogP) is 3.72. The number of fused-ring (bicyclic) bond motifs is 5. The number of rotatable bonds is 11. The summed E-state index contributed by atoms with van der Waals surface area (Å²) in [5.41, 5.74) is -7.42. The van der Waals surface area contributed by atoms with E-state index in [0.717, 1.165) is 6.92 Å². The number of benzene rings is 2. The molecule has 5 aliphatic rings. The van der Waals surface area contributed by atoms with Gasteiger partial charge < -0.3 is 48.7 Å². The van der Waals surface area contributed by atoms with Gasteiger partial charge in [0.2, 0.25) is 0 Å². The van der Waals surface area contributed by atoms with E-state index in [1.807, 2.05) is 0 Å². The van der Waals surface area contributed by atoms with Crippen molar-refractivity contribution in [3.05, 3.63) is 107 Å². The number of esters is 4. The van der Waals surface area contributed by atoms with Gasteiger partial charge in [-0.15, -0.1) is 0 Å². The number of amides is 1. The zero-order valence-electron chi connectivity index (χ0n) is 35.5. The first kappa shape index (κ1) is 43.9. The third-order valence-corrected chi connectivity index (χ3v) is 14.0. The van der Waals surface area contributed by atoms with Crippen LogP contribution >= 0.6 is 0 Å². The maximum absolute atomic E-state index is 15.6. The highest BCUT2D eigenvalue weighted by atomic mass is 16.6. The van der Waals surface area contributed by atoms with Crippen molar-refractivity contribution in [1.82, 2.24) is 5.32 Å². The standard InChI is InChI=1S/C47H51NO15/c1-24-30(61-43(56)35(51)34(29-17-12-20-58-29)48-40(53)26-13-8-6-9-14-26)22-47(57)39(62-41(54)27-15-10-7-11-16-27)37-45(5,38(52)36(60-25(2)49)33(24)44(47,3)4)31(50)21-32-46(37,23-59-32)63-42(55)28-18-19-28/h6-17,20,28,30-32,34-37,39,50-51,57H,18-19,21-23H2,1-5H3,(H,48,53)/t30?,31-,32+,34-,35+,36+,37?,39-,45+,46-,47+/m0/s1. The lowest BCUT2D eigenvalue weighted by Crippen LogP contribution is -2.82. The quantitative estimate of drug-likeness (QED) is 0.122. The molecular weight excluding hydrogens is 819 g/mol. The van der Waals surface area contributed by atoms with Crippen LogP contribution in [0.3, 0.4) is 0 Å². The molecule has 1 aromatic heterocycles. The fourth-order valence-electron chi connectivity index (χ4n) is 10.3. The van der Waals surface area contributed by atoms with Crippen LogP contribution in [0.4, 0.5) is 0 Å². The second-order valence-corrected chi connectivity index (χ2v) is 18.1. The number of carbonyl (C=O) groups is 6. The minimum atomic E-state index is -2.40. The molecule has 4 aliphatic carbocycles. The van der Waals surface area contributed by atoms with Gasteiger partial charge in [-0.25, -0.2) is 9.59 Å². The van der Waals surface area contributed by atoms with Crippen molar-refractivity contribution >= 4 is 35.6 Å². The molecule has 63 heavy (non-hydrogen) atoms. The summed E-state index contributed by atoms with van der Waals surface area (Å²) < 4.78 is 36.2. The molecule has 16 heteroatoms. The van der Waals surface area contributed by atoms with Crippen molar-refractivity contribution < 1.29 is 72.2 Å². The maximum Gasteiger partial charge on any atom is 0.338 e. The van der Waals surface area contributed by atoms with Gasteiger partial charge in [0.25, 0.3) is 5.91 Å². The van der Waals surface area contributed by atoms with E-state index in [0.29, 0.717) is 12.8 Å². The Balaban J connectivity index is 1.27. The number of ether oxygens (including phenoxy) is 5. The number of hydrogen-bond acceptors (Lipinski definition) is 15. The lowest BCUT2D eigenvalue weighted by Gasteiger charge is -2.67. The molecule has 2 unspecified atom stereocenters. The van der Waals surface area contributed by atoms with E-state index in [2.05, 4.69) is 5.32 Å². The highest BCUT2D eigenvalue weighted by molar-refractivity contribution is 5.96. The maximum atomic E-state index is 15.6. The monoisotopic (exact) mass is 869 g/mol. The number of aliphatic hydroxyl groups is 3. The van der Waals surface area contributed by atoms with Crippen molar-refractivity contribution in [3.63, 3.8) is 0 Å². The second-order valence-electron chi connectivity index (χ2n) is 18.1. The first-order valence-electron chi connectivity index (χ1n) is 21.1. The van der Waals surface area contributed by atoms with Crippen LogP contribution in [0.25, 0.3) is 0 Å².